The summed E-state index contributed by atoms with van der Waals surface area (Å²) in [7, 11) is 1.62. The predicted molar refractivity (Wildman–Crippen MR) is 139 cm³/mol. The Balaban J connectivity index is 1.38. The molecule has 0 aliphatic carbocycles. The van der Waals surface area contributed by atoms with Crippen LogP contribution in [0.5, 0.6) is 11.5 Å². The number of halogens is 2. The highest BCUT2D eigenvalue weighted by atomic mass is 35.5. The maximum atomic E-state index is 12.5. The Labute approximate surface area is 213 Å². The number of nitrogens with zero attached hydrogens (tertiary/aromatic N) is 2. The molecule has 0 atom stereocenters. The average molecular weight is 508 g/mol. The first-order valence-corrected chi connectivity index (χ1v) is 11.6. The lowest BCUT2D eigenvalue weighted by Crippen LogP contribution is -2.07. The number of benzene rings is 3. The number of amides is 1. The van der Waals surface area contributed by atoms with Gasteiger partial charge in [0.25, 0.3) is 0 Å². The molecule has 0 aliphatic rings. The van der Waals surface area contributed by atoms with Crippen molar-refractivity contribution in [1.82, 2.24) is 9.78 Å². The van der Waals surface area contributed by atoms with Crippen LogP contribution in [0.2, 0.25) is 10.0 Å². The normalized spacial score (nSPS) is 10.9. The van der Waals surface area contributed by atoms with E-state index in [2.05, 4.69) is 10.4 Å². The van der Waals surface area contributed by atoms with Crippen molar-refractivity contribution in [2.75, 3.05) is 12.4 Å². The summed E-state index contributed by atoms with van der Waals surface area (Å²) in [5.41, 5.74) is 3.05. The summed E-state index contributed by atoms with van der Waals surface area (Å²) in [5.74, 6) is 1.21. The highest BCUT2D eigenvalue weighted by Gasteiger charge is 2.09. The van der Waals surface area contributed by atoms with E-state index in [0.29, 0.717) is 34.6 Å². The van der Waals surface area contributed by atoms with Gasteiger partial charge in [0.2, 0.25) is 5.91 Å². The molecular formula is C27H23Cl2N3O3. The van der Waals surface area contributed by atoms with Crippen molar-refractivity contribution >= 4 is 40.9 Å². The molecule has 0 fully saturated rings. The Kier molecular flexibility index (Phi) is 8.08. The van der Waals surface area contributed by atoms with Crippen LogP contribution in [-0.4, -0.2) is 22.8 Å². The number of ether oxygens (including phenoxy) is 2. The van der Waals surface area contributed by atoms with Crippen molar-refractivity contribution in [2.24, 2.45) is 0 Å². The van der Waals surface area contributed by atoms with E-state index in [1.54, 1.807) is 48.5 Å². The summed E-state index contributed by atoms with van der Waals surface area (Å²) < 4.78 is 12.9. The maximum Gasteiger partial charge on any atom is 0.248 e. The third kappa shape index (κ3) is 6.66. The van der Waals surface area contributed by atoms with Gasteiger partial charge in [-0.1, -0.05) is 53.5 Å². The number of hydrogen-bond acceptors (Lipinski definition) is 4. The summed E-state index contributed by atoms with van der Waals surface area (Å²) in [4.78, 5) is 12.5. The van der Waals surface area contributed by atoms with E-state index in [1.165, 1.54) is 6.08 Å². The fourth-order valence-corrected chi connectivity index (χ4v) is 3.93. The quantitative estimate of drug-likeness (QED) is 0.263. The molecule has 0 bridgehead atoms. The van der Waals surface area contributed by atoms with E-state index in [4.69, 9.17) is 32.7 Å². The van der Waals surface area contributed by atoms with Gasteiger partial charge in [0.15, 0.2) is 0 Å². The van der Waals surface area contributed by atoms with E-state index in [0.717, 1.165) is 22.4 Å². The van der Waals surface area contributed by atoms with Crippen LogP contribution in [-0.2, 0) is 17.9 Å². The number of hydrogen-bond donors (Lipinski definition) is 1. The molecule has 0 spiro atoms. The number of carbonyl (C=O) groups is 1. The standard InChI is InChI=1S/C27H23Cl2N3O3/c1-34-26-12-10-19(14-20(26)18-35-22-6-3-2-4-7-22)11-13-27(33)31-21-15-30-32(16-21)17-23-24(28)8-5-9-25(23)29/h2-16H,17-18H2,1H3,(H,31,33)/b13-11+. The minimum Gasteiger partial charge on any atom is -0.496 e. The Hall–Kier alpha value is -3.74. The van der Waals surface area contributed by atoms with Crippen LogP contribution < -0.4 is 14.8 Å². The van der Waals surface area contributed by atoms with Gasteiger partial charge < -0.3 is 14.8 Å². The molecule has 6 nitrogen and oxygen atoms in total. The SMILES string of the molecule is COc1ccc(/C=C/C(=O)Nc2cnn(Cc3c(Cl)cccc3Cl)c2)cc1COc1ccccc1. The highest BCUT2D eigenvalue weighted by molar-refractivity contribution is 6.35. The van der Waals surface area contributed by atoms with E-state index < -0.39 is 0 Å². The molecule has 0 saturated heterocycles. The average Bonchev–Trinajstić information content (AvgIpc) is 3.31. The molecule has 1 N–H and O–H groups in total. The first kappa shape index (κ1) is 24.4. The Morgan fingerprint density at radius 3 is 2.57 bits per heavy atom. The monoisotopic (exact) mass is 507 g/mol. The summed E-state index contributed by atoms with van der Waals surface area (Å²) in [6, 6.07) is 20.6. The van der Waals surface area contributed by atoms with Crippen LogP contribution >= 0.6 is 23.2 Å². The molecule has 8 heteroatoms. The third-order valence-electron chi connectivity index (χ3n) is 5.15. The van der Waals surface area contributed by atoms with Crippen molar-refractivity contribution < 1.29 is 14.3 Å². The number of anilines is 1. The molecule has 35 heavy (non-hydrogen) atoms. The first-order valence-electron chi connectivity index (χ1n) is 10.8. The summed E-state index contributed by atoms with van der Waals surface area (Å²) >= 11 is 12.5. The number of rotatable bonds is 9. The maximum absolute atomic E-state index is 12.5. The van der Waals surface area contributed by atoms with Gasteiger partial charge in [-0.05, 0) is 48.0 Å². The molecule has 0 saturated carbocycles. The van der Waals surface area contributed by atoms with Crippen LogP contribution in [0.1, 0.15) is 16.7 Å². The van der Waals surface area contributed by atoms with E-state index >= 15 is 0 Å². The van der Waals surface area contributed by atoms with Crippen LogP contribution in [0.25, 0.3) is 6.08 Å². The molecule has 4 aromatic rings. The van der Waals surface area contributed by atoms with Gasteiger partial charge in [-0.25, -0.2) is 0 Å². The zero-order valence-electron chi connectivity index (χ0n) is 18.9. The van der Waals surface area contributed by atoms with Gasteiger partial charge in [0.05, 0.1) is 25.5 Å². The van der Waals surface area contributed by atoms with Gasteiger partial charge in [-0.3, -0.25) is 9.48 Å². The largest absolute Gasteiger partial charge is 0.496 e. The molecule has 1 aromatic heterocycles. The number of methoxy groups -OCH3 is 1. The van der Waals surface area contributed by atoms with Gasteiger partial charge in [-0.15, -0.1) is 0 Å². The summed E-state index contributed by atoms with van der Waals surface area (Å²) in [6.45, 7) is 0.736. The second-order valence-electron chi connectivity index (χ2n) is 7.62. The van der Waals surface area contributed by atoms with Crippen molar-refractivity contribution in [3.8, 4) is 11.5 Å². The third-order valence-corrected chi connectivity index (χ3v) is 5.86. The molecule has 1 amide bonds. The fourth-order valence-electron chi connectivity index (χ4n) is 3.41. The molecule has 0 aliphatic heterocycles. The number of nitrogens with one attached hydrogen (secondary N) is 1. The molecular weight excluding hydrogens is 485 g/mol. The van der Waals surface area contributed by atoms with Gasteiger partial charge in [-0.2, -0.15) is 5.10 Å². The van der Waals surface area contributed by atoms with Crippen molar-refractivity contribution in [2.45, 2.75) is 13.2 Å². The van der Waals surface area contributed by atoms with Gasteiger partial charge in [0.1, 0.15) is 18.1 Å². The number of para-hydroxylation sites is 1. The zero-order chi connectivity index (χ0) is 24.6. The van der Waals surface area contributed by atoms with Crippen LogP contribution in [0.15, 0.2) is 85.2 Å². The highest BCUT2D eigenvalue weighted by Crippen LogP contribution is 2.25. The lowest BCUT2D eigenvalue weighted by atomic mass is 10.1. The Morgan fingerprint density at radius 2 is 1.83 bits per heavy atom. The van der Waals surface area contributed by atoms with E-state index in [-0.39, 0.29) is 5.91 Å². The minimum atomic E-state index is -0.279. The van der Waals surface area contributed by atoms with Crippen molar-refractivity contribution in [3.05, 3.63) is 112 Å². The van der Waals surface area contributed by atoms with Gasteiger partial charge >= 0.3 is 0 Å². The molecule has 3 aromatic carbocycles. The van der Waals surface area contributed by atoms with Crippen LogP contribution in [0.4, 0.5) is 5.69 Å². The lowest BCUT2D eigenvalue weighted by molar-refractivity contribution is -0.111. The summed E-state index contributed by atoms with van der Waals surface area (Å²) in [5, 5.41) is 8.21. The fraction of sp³-hybridized carbons (Fsp3) is 0.111. The van der Waals surface area contributed by atoms with Gasteiger partial charge in [0, 0.05) is 33.4 Å². The second-order valence-corrected chi connectivity index (χ2v) is 8.44. The van der Waals surface area contributed by atoms with E-state index in [9.17, 15) is 4.79 Å². The van der Waals surface area contributed by atoms with Crippen LogP contribution in [0.3, 0.4) is 0 Å². The molecule has 4 rings (SSSR count). The minimum absolute atomic E-state index is 0.279. The molecule has 178 valence electrons. The number of carbonyl (C=O) groups excluding carboxylic acids is 1. The first-order chi connectivity index (χ1) is 17.0. The smallest absolute Gasteiger partial charge is 0.248 e. The van der Waals surface area contributed by atoms with E-state index in [1.807, 2.05) is 48.5 Å². The lowest BCUT2D eigenvalue weighted by Gasteiger charge is -2.11. The van der Waals surface area contributed by atoms with Crippen LogP contribution in [0, 0.1) is 0 Å². The topological polar surface area (TPSA) is 65.4 Å². The molecule has 0 radical (unpaired) electrons. The Bertz CT molecular complexity index is 1320. The summed E-state index contributed by atoms with van der Waals surface area (Å²) in [6.07, 6.45) is 6.49. The molecule has 0 unspecified atom stereocenters. The zero-order valence-corrected chi connectivity index (χ0v) is 20.5. The molecule has 1 heterocycles. The predicted octanol–water partition coefficient (Wildman–Crippen LogP) is 6.48. The van der Waals surface area contributed by atoms with Crippen molar-refractivity contribution in [3.63, 3.8) is 0 Å². The number of aromatic nitrogens is 2. The van der Waals surface area contributed by atoms with Crippen molar-refractivity contribution in [1.29, 1.82) is 0 Å². The Morgan fingerprint density at radius 1 is 1.06 bits per heavy atom. The second kappa shape index (κ2) is 11.6.